The second-order valence-electron chi connectivity index (χ2n) is 5.31. The molecule has 1 saturated heterocycles. The minimum absolute atomic E-state index is 0.139. The predicted molar refractivity (Wildman–Crippen MR) is 101 cm³/mol. The van der Waals surface area contributed by atoms with Crippen LogP contribution in [0.3, 0.4) is 0 Å². The molecule has 26 heavy (non-hydrogen) atoms. The van der Waals surface area contributed by atoms with Gasteiger partial charge in [0.05, 0.1) is 11.5 Å². The zero-order valence-corrected chi connectivity index (χ0v) is 15.6. The van der Waals surface area contributed by atoms with E-state index in [1.807, 2.05) is 6.92 Å². The fourth-order valence-electron chi connectivity index (χ4n) is 2.33. The number of hydrogen-bond acceptors (Lipinski definition) is 6. The maximum atomic E-state index is 12.4. The van der Waals surface area contributed by atoms with E-state index in [9.17, 15) is 9.59 Å². The maximum Gasteiger partial charge on any atom is 0.293 e. The van der Waals surface area contributed by atoms with E-state index in [4.69, 9.17) is 20.6 Å². The highest BCUT2D eigenvalue weighted by atomic mass is 32.2. The van der Waals surface area contributed by atoms with Crippen molar-refractivity contribution in [3.8, 4) is 23.8 Å². The van der Waals surface area contributed by atoms with Crippen LogP contribution in [0.4, 0.5) is 4.79 Å². The standard InChI is InChI=1S/C19H21NO5S/c1-4-10-25-15-8-7-14(12-16(15)24-5-2)13-17-18(21)20(19(22)26-17)9-6-11-23-3/h1,7-8,12-13H,5-6,9-11H2,2-3H3/b17-13+. The van der Waals surface area contributed by atoms with Gasteiger partial charge in [-0.25, -0.2) is 0 Å². The van der Waals surface area contributed by atoms with Crippen LogP contribution in [0.25, 0.3) is 6.08 Å². The van der Waals surface area contributed by atoms with Crippen molar-refractivity contribution in [3.05, 3.63) is 28.7 Å². The third-order valence-electron chi connectivity index (χ3n) is 3.48. The molecule has 0 atom stereocenters. The molecule has 2 amide bonds. The summed E-state index contributed by atoms with van der Waals surface area (Å²) in [6.07, 6.45) is 7.50. The summed E-state index contributed by atoms with van der Waals surface area (Å²) in [5, 5.41) is -0.267. The molecule has 0 aromatic heterocycles. The summed E-state index contributed by atoms with van der Waals surface area (Å²) in [6, 6.07) is 5.28. The van der Waals surface area contributed by atoms with E-state index in [0.29, 0.717) is 42.6 Å². The van der Waals surface area contributed by atoms with E-state index in [2.05, 4.69) is 5.92 Å². The molecule has 1 aromatic rings. The molecule has 6 nitrogen and oxygen atoms in total. The highest BCUT2D eigenvalue weighted by Crippen LogP contribution is 2.34. The lowest BCUT2D eigenvalue weighted by Crippen LogP contribution is -2.29. The molecule has 7 heteroatoms. The number of thioether (sulfide) groups is 1. The first-order valence-electron chi connectivity index (χ1n) is 8.18. The van der Waals surface area contributed by atoms with Gasteiger partial charge in [0.1, 0.15) is 6.61 Å². The highest BCUT2D eigenvalue weighted by molar-refractivity contribution is 8.18. The molecule has 0 unspecified atom stereocenters. The van der Waals surface area contributed by atoms with Gasteiger partial charge in [0, 0.05) is 20.3 Å². The van der Waals surface area contributed by atoms with Crippen molar-refractivity contribution in [1.29, 1.82) is 0 Å². The molecule has 1 aromatic carbocycles. The molecule has 138 valence electrons. The number of hydrogen-bond donors (Lipinski definition) is 0. The Morgan fingerprint density at radius 1 is 1.27 bits per heavy atom. The molecule has 0 saturated carbocycles. The summed E-state index contributed by atoms with van der Waals surface area (Å²) in [7, 11) is 1.58. The lowest BCUT2D eigenvalue weighted by molar-refractivity contribution is -0.122. The van der Waals surface area contributed by atoms with Crippen molar-refractivity contribution in [2.24, 2.45) is 0 Å². The number of rotatable bonds is 9. The number of carbonyl (C=O) groups is 2. The van der Waals surface area contributed by atoms with Gasteiger partial charge in [-0.15, -0.1) is 6.42 Å². The monoisotopic (exact) mass is 375 g/mol. The van der Waals surface area contributed by atoms with E-state index in [1.54, 1.807) is 31.4 Å². The molecule has 1 fully saturated rings. The average molecular weight is 375 g/mol. The summed E-state index contributed by atoms with van der Waals surface area (Å²) in [6.45, 7) is 3.31. The maximum absolute atomic E-state index is 12.4. The zero-order chi connectivity index (χ0) is 18.9. The van der Waals surface area contributed by atoms with Crippen LogP contribution in [0.5, 0.6) is 11.5 Å². The minimum Gasteiger partial charge on any atom is -0.490 e. The first kappa shape index (κ1) is 19.9. The van der Waals surface area contributed by atoms with Crippen LogP contribution in [0.1, 0.15) is 18.9 Å². The fourth-order valence-corrected chi connectivity index (χ4v) is 3.20. The fraction of sp³-hybridized carbons (Fsp3) is 0.368. The van der Waals surface area contributed by atoms with Crippen molar-refractivity contribution in [2.75, 3.05) is 33.5 Å². The quantitative estimate of drug-likeness (QED) is 0.375. The molecule has 0 aliphatic carbocycles. The Morgan fingerprint density at radius 2 is 2.08 bits per heavy atom. The first-order valence-corrected chi connectivity index (χ1v) is 8.99. The van der Waals surface area contributed by atoms with Gasteiger partial charge >= 0.3 is 0 Å². The second-order valence-corrected chi connectivity index (χ2v) is 6.30. The summed E-state index contributed by atoms with van der Waals surface area (Å²) >= 11 is 0.931. The summed E-state index contributed by atoms with van der Waals surface area (Å²) in [4.78, 5) is 26.1. The normalized spacial score (nSPS) is 15.4. The van der Waals surface area contributed by atoms with Gasteiger partial charge in [-0.05, 0) is 48.9 Å². The van der Waals surface area contributed by atoms with E-state index in [-0.39, 0.29) is 17.8 Å². The van der Waals surface area contributed by atoms with E-state index < -0.39 is 0 Å². The van der Waals surface area contributed by atoms with Crippen LogP contribution in [0, 0.1) is 12.3 Å². The Labute approximate surface area is 157 Å². The lowest BCUT2D eigenvalue weighted by atomic mass is 10.2. The van der Waals surface area contributed by atoms with Crippen LogP contribution < -0.4 is 9.47 Å². The van der Waals surface area contributed by atoms with Crippen molar-refractivity contribution < 1.29 is 23.8 Å². The number of carbonyl (C=O) groups excluding carboxylic acids is 2. The Hall–Kier alpha value is -2.43. The van der Waals surface area contributed by atoms with Gasteiger partial charge in [0.2, 0.25) is 0 Å². The van der Waals surface area contributed by atoms with Crippen molar-refractivity contribution in [1.82, 2.24) is 4.90 Å². The molecule has 2 rings (SSSR count). The number of methoxy groups -OCH3 is 1. The average Bonchev–Trinajstić information content (AvgIpc) is 2.89. The molecule has 0 spiro atoms. The summed E-state index contributed by atoms with van der Waals surface area (Å²) in [5.41, 5.74) is 0.740. The molecule has 0 bridgehead atoms. The molecule has 1 heterocycles. The molecular formula is C19H21NO5S. The largest absolute Gasteiger partial charge is 0.490 e. The van der Waals surface area contributed by atoms with Gasteiger partial charge in [-0.2, -0.15) is 0 Å². The Kier molecular flexibility index (Phi) is 7.57. The van der Waals surface area contributed by atoms with Gasteiger partial charge in [-0.1, -0.05) is 12.0 Å². The zero-order valence-electron chi connectivity index (χ0n) is 14.8. The van der Waals surface area contributed by atoms with Crippen LogP contribution in [-0.4, -0.2) is 49.5 Å². The molecule has 1 aliphatic rings. The highest BCUT2D eigenvalue weighted by Gasteiger charge is 2.34. The summed E-state index contributed by atoms with van der Waals surface area (Å²) < 4.78 is 16.0. The number of ether oxygens (including phenoxy) is 3. The van der Waals surface area contributed by atoms with E-state index in [1.165, 1.54) is 4.90 Å². The number of imide groups is 1. The van der Waals surface area contributed by atoms with Gasteiger partial charge in [0.15, 0.2) is 11.5 Å². The third-order valence-corrected chi connectivity index (χ3v) is 4.39. The van der Waals surface area contributed by atoms with Crippen LogP contribution in [0.2, 0.25) is 0 Å². The second kappa shape index (κ2) is 9.90. The van der Waals surface area contributed by atoms with Crippen LogP contribution in [0.15, 0.2) is 23.1 Å². The Morgan fingerprint density at radius 3 is 2.77 bits per heavy atom. The van der Waals surface area contributed by atoms with E-state index in [0.717, 1.165) is 17.3 Å². The summed E-state index contributed by atoms with van der Waals surface area (Å²) in [5.74, 6) is 3.19. The number of amides is 2. The predicted octanol–water partition coefficient (Wildman–Crippen LogP) is 3.17. The topological polar surface area (TPSA) is 65.1 Å². The first-order chi connectivity index (χ1) is 12.6. The van der Waals surface area contributed by atoms with Crippen molar-refractivity contribution in [2.45, 2.75) is 13.3 Å². The van der Waals surface area contributed by atoms with E-state index >= 15 is 0 Å². The SMILES string of the molecule is C#CCOc1ccc(/C=C2/SC(=O)N(CCCOC)C2=O)cc1OCC. The third kappa shape index (κ3) is 5.04. The Bertz CT molecular complexity index is 738. The van der Waals surface area contributed by atoms with Crippen LogP contribution in [-0.2, 0) is 9.53 Å². The minimum atomic E-state index is -0.290. The molecule has 1 aliphatic heterocycles. The molecule has 0 radical (unpaired) electrons. The van der Waals surface area contributed by atoms with Gasteiger partial charge in [-0.3, -0.25) is 14.5 Å². The number of benzene rings is 1. The van der Waals surface area contributed by atoms with Gasteiger partial charge < -0.3 is 14.2 Å². The molecule has 0 N–H and O–H groups in total. The number of terminal acetylenes is 1. The smallest absolute Gasteiger partial charge is 0.293 e. The molecular weight excluding hydrogens is 354 g/mol. The van der Waals surface area contributed by atoms with Crippen molar-refractivity contribution in [3.63, 3.8) is 0 Å². The lowest BCUT2D eigenvalue weighted by Gasteiger charge is -2.12. The van der Waals surface area contributed by atoms with Crippen LogP contribution >= 0.6 is 11.8 Å². The van der Waals surface area contributed by atoms with Crippen molar-refractivity contribution >= 4 is 29.0 Å². The Balaban J connectivity index is 2.18. The van der Waals surface area contributed by atoms with Gasteiger partial charge in [0.25, 0.3) is 11.1 Å². The number of nitrogens with zero attached hydrogens (tertiary/aromatic N) is 1.